The lowest BCUT2D eigenvalue weighted by molar-refractivity contribution is 0.221. The van der Waals surface area contributed by atoms with Gasteiger partial charge in [0.2, 0.25) is 0 Å². The van der Waals surface area contributed by atoms with E-state index in [1.165, 1.54) is 24.3 Å². The zero-order chi connectivity index (χ0) is 37.7. The van der Waals surface area contributed by atoms with Gasteiger partial charge >= 0.3 is 0 Å². The molecule has 0 N–H and O–H groups in total. The smallest absolute Gasteiger partial charge is 0.297 e. The Hall–Kier alpha value is -5.66. The highest BCUT2D eigenvalue weighted by molar-refractivity contribution is 7.87. The van der Waals surface area contributed by atoms with Gasteiger partial charge in [-0.25, -0.2) is 9.97 Å². The SMILES string of the molecule is Cc1ccc(S(=O)(=O)OCCOc2ccc(-c3ccc4ccc5ccc(-c6ccc(OCCOS(=O)(=O)c7ccc(C)cc7)cc6)nc5c4n3)cc2)cc1. The summed E-state index contributed by atoms with van der Waals surface area (Å²) in [6, 6.07) is 39.8. The maximum atomic E-state index is 12.4. The first-order valence-corrected chi connectivity index (χ1v) is 19.9. The predicted molar refractivity (Wildman–Crippen MR) is 208 cm³/mol. The fourth-order valence-electron chi connectivity index (χ4n) is 5.69. The van der Waals surface area contributed by atoms with Crippen LogP contribution in [-0.2, 0) is 28.6 Å². The van der Waals surface area contributed by atoms with E-state index in [0.717, 1.165) is 55.4 Å². The number of aromatic nitrogens is 2. The molecule has 0 bridgehead atoms. The summed E-state index contributed by atoms with van der Waals surface area (Å²) in [6.45, 7) is 3.65. The molecule has 2 aromatic heterocycles. The van der Waals surface area contributed by atoms with Crippen LogP contribution in [0.5, 0.6) is 11.5 Å². The molecule has 0 saturated heterocycles. The van der Waals surface area contributed by atoms with E-state index >= 15 is 0 Å². The molecule has 274 valence electrons. The van der Waals surface area contributed by atoms with Gasteiger partial charge in [0.1, 0.15) is 37.9 Å². The molecular weight excluding hydrogens is 725 g/mol. The van der Waals surface area contributed by atoms with Crippen LogP contribution in [0.4, 0.5) is 0 Å². The zero-order valence-corrected chi connectivity index (χ0v) is 31.1. The Kier molecular flexibility index (Phi) is 10.7. The Bertz CT molecular complexity index is 2450. The van der Waals surface area contributed by atoms with Gasteiger partial charge in [-0.15, -0.1) is 0 Å². The van der Waals surface area contributed by atoms with Gasteiger partial charge in [0, 0.05) is 21.9 Å². The Morgan fingerprint density at radius 1 is 0.426 bits per heavy atom. The predicted octanol–water partition coefficient (Wildman–Crippen LogP) is 8.30. The number of nitrogens with zero attached hydrogens (tertiary/aromatic N) is 2. The first-order valence-electron chi connectivity index (χ1n) is 17.1. The van der Waals surface area contributed by atoms with Crippen LogP contribution in [0.2, 0.25) is 0 Å². The van der Waals surface area contributed by atoms with Crippen molar-refractivity contribution in [3.05, 3.63) is 145 Å². The minimum absolute atomic E-state index is 0.0603. The molecule has 0 amide bonds. The topological polar surface area (TPSA) is 131 Å². The van der Waals surface area contributed by atoms with Crippen LogP contribution in [-0.4, -0.2) is 53.2 Å². The molecule has 2 heterocycles. The van der Waals surface area contributed by atoms with E-state index in [4.69, 9.17) is 27.8 Å². The van der Waals surface area contributed by atoms with Gasteiger partial charge in [-0.05, 0) is 98.8 Å². The van der Waals surface area contributed by atoms with Crippen molar-refractivity contribution in [3.8, 4) is 34.0 Å². The molecular formula is C42H36N2O8S2. The summed E-state index contributed by atoms with van der Waals surface area (Å²) in [5.41, 5.74) is 6.73. The average Bonchev–Trinajstić information content (AvgIpc) is 3.18. The maximum Gasteiger partial charge on any atom is 0.297 e. The lowest BCUT2D eigenvalue weighted by atomic mass is 10.1. The van der Waals surface area contributed by atoms with Crippen LogP contribution < -0.4 is 9.47 Å². The number of benzene rings is 5. The molecule has 7 rings (SSSR count). The Balaban J connectivity index is 0.988. The van der Waals surface area contributed by atoms with Gasteiger partial charge < -0.3 is 9.47 Å². The van der Waals surface area contributed by atoms with Crippen molar-refractivity contribution in [1.82, 2.24) is 9.97 Å². The van der Waals surface area contributed by atoms with Gasteiger partial charge in [0.15, 0.2) is 0 Å². The van der Waals surface area contributed by atoms with Gasteiger partial charge in [-0.2, -0.15) is 16.8 Å². The highest BCUT2D eigenvalue weighted by Crippen LogP contribution is 2.30. The third-order valence-corrected chi connectivity index (χ3v) is 11.3. The summed E-state index contributed by atoms with van der Waals surface area (Å²) in [5.74, 6) is 1.15. The number of pyridine rings is 2. The first-order chi connectivity index (χ1) is 26.0. The molecule has 12 heteroatoms. The quantitative estimate of drug-likeness (QED) is 0.0606. The summed E-state index contributed by atoms with van der Waals surface area (Å²) < 4.78 is 71.4. The highest BCUT2D eigenvalue weighted by Gasteiger charge is 2.16. The van der Waals surface area contributed by atoms with Crippen molar-refractivity contribution in [2.45, 2.75) is 23.6 Å². The number of hydrogen-bond acceptors (Lipinski definition) is 10. The second-order valence-corrected chi connectivity index (χ2v) is 15.8. The third kappa shape index (κ3) is 8.58. The van der Waals surface area contributed by atoms with E-state index in [9.17, 15) is 16.8 Å². The van der Waals surface area contributed by atoms with Gasteiger partial charge in [-0.1, -0.05) is 59.7 Å². The summed E-state index contributed by atoms with van der Waals surface area (Å²) in [5, 5.41) is 1.90. The Morgan fingerprint density at radius 3 is 1.15 bits per heavy atom. The standard InChI is InChI=1S/C42H36N2O8S2/c1-29-3-19-37(20-4-29)53(45,46)51-27-25-49-35-15-9-31(10-16-35)39-23-13-33-7-8-34-14-24-40(44-42(34)41(33)43-39)32-11-17-36(18-12-32)50-26-28-52-54(47,48)38-21-5-30(2)6-22-38/h3-24H,25-28H2,1-2H3. The van der Waals surface area contributed by atoms with Gasteiger partial charge in [0.25, 0.3) is 20.2 Å². The minimum atomic E-state index is -3.86. The molecule has 0 radical (unpaired) electrons. The second kappa shape index (κ2) is 15.7. The van der Waals surface area contributed by atoms with E-state index in [0.29, 0.717) is 11.5 Å². The molecule has 0 unspecified atom stereocenters. The van der Waals surface area contributed by atoms with Crippen molar-refractivity contribution in [2.75, 3.05) is 26.4 Å². The second-order valence-electron chi connectivity index (χ2n) is 12.5. The van der Waals surface area contributed by atoms with E-state index in [1.807, 2.05) is 98.8 Å². The number of ether oxygens (including phenoxy) is 2. The molecule has 0 atom stereocenters. The maximum absolute atomic E-state index is 12.4. The molecule has 54 heavy (non-hydrogen) atoms. The average molecular weight is 761 g/mol. The largest absolute Gasteiger partial charge is 0.491 e. The number of hydrogen-bond donors (Lipinski definition) is 0. The molecule has 0 spiro atoms. The number of aryl methyl sites for hydroxylation is 2. The summed E-state index contributed by atoms with van der Waals surface area (Å²) in [7, 11) is -7.72. The number of rotatable bonds is 14. The van der Waals surface area contributed by atoms with E-state index < -0.39 is 20.2 Å². The first kappa shape index (κ1) is 36.7. The van der Waals surface area contributed by atoms with Crippen molar-refractivity contribution < 1.29 is 34.7 Å². The molecule has 10 nitrogen and oxygen atoms in total. The Morgan fingerprint density at radius 2 is 0.778 bits per heavy atom. The van der Waals surface area contributed by atoms with Crippen LogP contribution in [0.3, 0.4) is 0 Å². The van der Waals surface area contributed by atoms with Gasteiger partial charge in [0.05, 0.1) is 32.2 Å². The van der Waals surface area contributed by atoms with Crippen LogP contribution in [0.25, 0.3) is 44.3 Å². The summed E-state index contributed by atoms with van der Waals surface area (Å²) in [4.78, 5) is 10.2. The zero-order valence-electron chi connectivity index (χ0n) is 29.5. The molecule has 0 aliphatic carbocycles. The summed E-state index contributed by atoms with van der Waals surface area (Å²) >= 11 is 0. The fourth-order valence-corrected chi connectivity index (χ4v) is 7.47. The van der Waals surface area contributed by atoms with Crippen LogP contribution in [0.15, 0.2) is 143 Å². The molecule has 7 aromatic rings. The van der Waals surface area contributed by atoms with Crippen molar-refractivity contribution in [1.29, 1.82) is 0 Å². The van der Waals surface area contributed by atoms with Crippen molar-refractivity contribution in [2.24, 2.45) is 0 Å². The summed E-state index contributed by atoms with van der Waals surface area (Å²) in [6.07, 6.45) is 0. The van der Waals surface area contributed by atoms with Gasteiger partial charge in [-0.3, -0.25) is 8.37 Å². The molecule has 0 aliphatic heterocycles. The monoisotopic (exact) mass is 760 g/mol. The minimum Gasteiger partial charge on any atom is -0.491 e. The molecule has 0 aliphatic rings. The van der Waals surface area contributed by atoms with E-state index in [2.05, 4.69) is 0 Å². The normalized spacial score (nSPS) is 11.9. The van der Waals surface area contributed by atoms with E-state index in [-0.39, 0.29) is 36.2 Å². The highest BCUT2D eigenvalue weighted by atomic mass is 32.2. The Labute approximate surface area is 314 Å². The molecule has 5 aromatic carbocycles. The van der Waals surface area contributed by atoms with Crippen molar-refractivity contribution >= 4 is 42.0 Å². The molecule has 0 fully saturated rings. The van der Waals surface area contributed by atoms with Crippen molar-refractivity contribution in [3.63, 3.8) is 0 Å². The lowest BCUT2D eigenvalue weighted by Gasteiger charge is -2.10. The van der Waals surface area contributed by atoms with E-state index in [1.54, 1.807) is 24.3 Å². The third-order valence-electron chi connectivity index (χ3n) is 8.62. The van der Waals surface area contributed by atoms with Crippen LogP contribution in [0.1, 0.15) is 11.1 Å². The fraction of sp³-hybridized carbons (Fsp3) is 0.143. The molecule has 0 saturated carbocycles. The lowest BCUT2D eigenvalue weighted by Crippen LogP contribution is -2.13. The van der Waals surface area contributed by atoms with Crippen LogP contribution in [0, 0.1) is 13.8 Å². The number of fused-ring (bicyclic) bond motifs is 3. The van der Waals surface area contributed by atoms with Crippen LogP contribution >= 0.6 is 0 Å².